The summed E-state index contributed by atoms with van der Waals surface area (Å²) in [5, 5.41) is 6.68. The Hall–Kier alpha value is -1.96. The van der Waals surface area contributed by atoms with E-state index in [0.29, 0.717) is 18.9 Å². The number of sulfone groups is 1. The minimum Gasteiger partial charge on any atom is -0.493 e. The number of nitrogens with one attached hydrogen (secondary N) is 2. The van der Waals surface area contributed by atoms with Crippen LogP contribution in [0.4, 0.5) is 0 Å². The number of hydrogen-bond donors (Lipinski definition) is 2. The monoisotopic (exact) mass is 425 g/mol. The number of methoxy groups -OCH3 is 2. The van der Waals surface area contributed by atoms with Crippen LogP contribution in [0, 0.1) is 0 Å². The molecule has 0 aliphatic heterocycles. The Labute approximate surface area is 175 Å². The molecule has 1 fully saturated rings. The Kier molecular flexibility index (Phi) is 8.61. The molecule has 0 amide bonds. The molecule has 0 heterocycles. The number of ether oxygens (including phenoxy) is 2. The Bertz CT molecular complexity index is 787. The molecule has 1 aliphatic rings. The number of aliphatic imine (C=N–C) groups is 1. The van der Waals surface area contributed by atoms with Gasteiger partial charge in [-0.3, -0.25) is 4.99 Å². The molecule has 0 unspecified atom stereocenters. The van der Waals surface area contributed by atoms with Gasteiger partial charge in [0.2, 0.25) is 0 Å². The van der Waals surface area contributed by atoms with Gasteiger partial charge in [0.15, 0.2) is 17.5 Å². The second-order valence-corrected chi connectivity index (χ2v) is 10.0. The first kappa shape index (κ1) is 23.3. The van der Waals surface area contributed by atoms with Crippen LogP contribution in [0.1, 0.15) is 44.1 Å². The highest BCUT2D eigenvalue weighted by atomic mass is 32.2. The minimum absolute atomic E-state index is 0.00216. The molecule has 0 bridgehead atoms. The van der Waals surface area contributed by atoms with Crippen molar-refractivity contribution in [2.24, 2.45) is 4.99 Å². The average molecular weight is 426 g/mol. The third-order valence-corrected chi connectivity index (χ3v) is 6.64. The van der Waals surface area contributed by atoms with Crippen molar-refractivity contribution in [2.45, 2.75) is 43.9 Å². The van der Waals surface area contributed by atoms with E-state index in [9.17, 15) is 8.42 Å². The molecule has 1 aromatic rings. The largest absolute Gasteiger partial charge is 0.493 e. The Morgan fingerprint density at radius 3 is 2.38 bits per heavy atom. The van der Waals surface area contributed by atoms with Crippen LogP contribution in [0.25, 0.3) is 0 Å². The molecule has 29 heavy (non-hydrogen) atoms. The summed E-state index contributed by atoms with van der Waals surface area (Å²) in [6.45, 7) is 1.32. The van der Waals surface area contributed by atoms with E-state index in [0.717, 1.165) is 30.9 Å². The number of guanidine groups is 1. The summed E-state index contributed by atoms with van der Waals surface area (Å²) in [7, 11) is 2.10. The lowest BCUT2D eigenvalue weighted by Gasteiger charge is -2.38. The number of rotatable bonds is 9. The van der Waals surface area contributed by atoms with E-state index < -0.39 is 9.84 Å². The van der Waals surface area contributed by atoms with Gasteiger partial charge in [-0.1, -0.05) is 25.3 Å². The molecular formula is C21H35N3O4S. The molecule has 2 N–H and O–H groups in total. The van der Waals surface area contributed by atoms with Crippen LogP contribution < -0.4 is 20.1 Å². The maximum atomic E-state index is 11.3. The van der Waals surface area contributed by atoms with E-state index >= 15 is 0 Å². The molecule has 2 rings (SSSR count). The van der Waals surface area contributed by atoms with E-state index in [4.69, 9.17) is 9.47 Å². The zero-order valence-electron chi connectivity index (χ0n) is 18.1. The SMILES string of the molecule is CN=C(NCCCS(C)(=O)=O)NCC1(c2ccc(OC)c(OC)c2)CCCCC1. The van der Waals surface area contributed by atoms with Crippen LogP contribution >= 0.6 is 0 Å². The molecule has 0 spiro atoms. The van der Waals surface area contributed by atoms with Crippen LogP contribution in [0.2, 0.25) is 0 Å². The second kappa shape index (κ2) is 10.7. The predicted octanol–water partition coefficient (Wildman–Crippen LogP) is 2.51. The van der Waals surface area contributed by atoms with Gasteiger partial charge in [-0.25, -0.2) is 8.42 Å². The molecular weight excluding hydrogens is 390 g/mol. The lowest BCUT2D eigenvalue weighted by atomic mass is 9.69. The summed E-state index contributed by atoms with van der Waals surface area (Å²) in [4.78, 5) is 4.29. The van der Waals surface area contributed by atoms with Crippen molar-refractivity contribution in [2.75, 3.05) is 46.4 Å². The number of nitrogens with zero attached hydrogens (tertiary/aromatic N) is 1. The van der Waals surface area contributed by atoms with E-state index in [1.807, 2.05) is 6.07 Å². The first-order chi connectivity index (χ1) is 13.8. The molecule has 0 saturated heterocycles. The van der Waals surface area contributed by atoms with Crippen LogP contribution in [0.3, 0.4) is 0 Å². The normalized spacial score (nSPS) is 16.9. The number of hydrogen-bond acceptors (Lipinski definition) is 5. The zero-order valence-corrected chi connectivity index (χ0v) is 18.9. The third kappa shape index (κ3) is 6.80. The van der Waals surface area contributed by atoms with Gasteiger partial charge in [0.1, 0.15) is 9.84 Å². The van der Waals surface area contributed by atoms with Crippen molar-refractivity contribution in [1.29, 1.82) is 0 Å². The van der Waals surface area contributed by atoms with Gasteiger partial charge in [-0.05, 0) is 37.0 Å². The van der Waals surface area contributed by atoms with Crippen LogP contribution in [0.5, 0.6) is 11.5 Å². The van der Waals surface area contributed by atoms with Crippen LogP contribution in [-0.4, -0.2) is 60.7 Å². The molecule has 7 nitrogen and oxygen atoms in total. The lowest BCUT2D eigenvalue weighted by Crippen LogP contribution is -2.46. The summed E-state index contributed by atoms with van der Waals surface area (Å²) in [6.07, 6.45) is 7.65. The van der Waals surface area contributed by atoms with E-state index in [2.05, 4.69) is 27.8 Å². The lowest BCUT2D eigenvalue weighted by molar-refractivity contribution is 0.288. The standard InChI is InChI=1S/C21H35N3O4S/c1-22-20(23-13-8-14-29(4,25)26)24-16-21(11-6-5-7-12-21)17-9-10-18(27-2)19(15-17)28-3/h9-10,15H,5-8,11-14,16H2,1-4H3,(H2,22,23,24). The van der Waals surface area contributed by atoms with Crippen molar-refractivity contribution in [3.8, 4) is 11.5 Å². The molecule has 164 valence electrons. The fraction of sp³-hybridized carbons (Fsp3) is 0.667. The molecule has 0 atom stereocenters. The van der Waals surface area contributed by atoms with Crippen LogP contribution in [0.15, 0.2) is 23.2 Å². The molecule has 1 aromatic carbocycles. The Balaban J connectivity index is 2.08. The predicted molar refractivity (Wildman–Crippen MR) is 118 cm³/mol. The average Bonchev–Trinajstić information content (AvgIpc) is 2.72. The van der Waals surface area contributed by atoms with Crippen LogP contribution in [-0.2, 0) is 15.3 Å². The summed E-state index contributed by atoms with van der Waals surface area (Å²) in [5.41, 5.74) is 1.25. The topological polar surface area (TPSA) is 89.0 Å². The van der Waals surface area contributed by atoms with Gasteiger partial charge in [0, 0.05) is 31.8 Å². The van der Waals surface area contributed by atoms with Gasteiger partial charge in [-0.2, -0.15) is 0 Å². The van der Waals surface area contributed by atoms with E-state index in [1.165, 1.54) is 31.1 Å². The molecule has 8 heteroatoms. The maximum absolute atomic E-state index is 11.3. The highest BCUT2D eigenvalue weighted by Gasteiger charge is 2.34. The first-order valence-electron chi connectivity index (χ1n) is 10.2. The van der Waals surface area contributed by atoms with Gasteiger partial charge in [0.05, 0.1) is 20.0 Å². The third-order valence-electron chi connectivity index (χ3n) is 5.61. The molecule has 0 aromatic heterocycles. The quantitative estimate of drug-likeness (QED) is 0.359. The number of benzene rings is 1. The minimum atomic E-state index is -2.94. The van der Waals surface area contributed by atoms with Gasteiger partial charge in [-0.15, -0.1) is 0 Å². The Morgan fingerprint density at radius 2 is 1.79 bits per heavy atom. The summed E-state index contributed by atoms with van der Waals surface area (Å²) in [5.74, 6) is 2.35. The van der Waals surface area contributed by atoms with Gasteiger partial charge < -0.3 is 20.1 Å². The Morgan fingerprint density at radius 1 is 1.10 bits per heavy atom. The fourth-order valence-electron chi connectivity index (χ4n) is 3.98. The van der Waals surface area contributed by atoms with Gasteiger partial charge in [0.25, 0.3) is 0 Å². The van der Waals surface area contributed by atoms with E-state index in [-0.39, 0.29) is 11.2 Å². The van der Waals surface area contributed by atoms with Crippen molar-refractivity contribution >= 4 is 15.8 Å². The van der Waals surface area contributed by atoms with E-state index in [1.54, 1.807) is 21.3 Å². The van der Waals surface area contributed by atoms with Crippen molar-refractivity contribution in [3.63, 3.8) is 0 Å². The fourth-order valence-corrected chi connectivity index (χ4v) is 4.65. The molecule has 1 saturated carbocycles. The zero-order chi connectivity index (χ0) is 21.3. The summed E-state index contributed by atoms with van der Waals surface area (Å²) >= 11 is 0. The summed E-state index contributed by atoms with van der Waals surface area (Å²) < 4.78 is 33.5. The first-order valence-corrected chi connectivity index (χ1v) is 12.2. The smallest absolute Gasteiger partial charge is 0.191 e. The highest BCUT2D eigenvalue weighted by Crippen LogP contribution is 2.42. The second-order valence-electron chi connectivity index (χ2n) is 7.75. The molecule has 1 aliphatic carbocycles. The highest BCUT2D eigenvalue weighted by molar-refractivity contribution is 7.90. The van der Waals surface area contributed by atoms with Gasteiger partial charge >= 0.3 is 0 Å². The summed E-state index contributed by atoms with van der Waals surface area (Å²) in [6, 6.07) is 6.20. The van der Waals surface area contributed by atoms with Crippen molar-refractivity contribution < 1.29 is 17.9 Å². The maximum Gasteiger partial charge on any atom is 0.191 e. The molecule has 0 radical (unpaired) electrons. The van der Waals surface area contributed by atoms with Crippen molar-refractivity contribution in [3.05, 3.63) is 23.8 Å². The van der Waals surface area contributed by atoms with Crippen molar-refractivity contribution in [1.82, 2.24) is 10.6 Å².